The van der Waals surface area contributed by atoms with Crippen LogP contribution < -0.4 is 5.32 Å². The lowest BCUT2D eigenvalue weighted by Crippen LogP contribution is -2.35. The lowest BCUT2D eigenvalue weighted by Gasteiger charge is -2.24. The van der Waals surface area contributed by atoms with E-state index >= 15 is 0 Å². The average molecular weight is 165 g/mol. The first-order valence-corrected chi connectivity index (χ1v) is 4.46. The van der Waals surface area contributed by atoms with Crippen molar-refractivity contribution in [3.8, 4) is 0 Å². The van der Waals surface area contributed by atoms with Crippen molar-refractivity contribution in [1.82, 2.24) is 15.1 Å². The number of nitrogens with zero attached hydrogens (tertiary/aromatic N) is 2. The minimum absolute atomic E-state index is 0.158. The largest absolute Gasteiger partial charge is 0.306 e. The zero-order valence-electron chi connectivity index (χ0n) is 7.67. The second-order valence-corrected chi connectivity index (χ2v) is 3.70. The van der Waals surface area contributed by atoms with Gasteiger partial charge in [-0.25, -0.2) is 0 Å². The summed E-state index contributed by atoms with van der Waals surface area (Å²) in [6.07, 6.45) is 4.34. The smallest absolute Gasteiger partial charge is 0.0578 e. The van der Waals surface area contributed by atoms with Crippen LogP contribution in [0.25, 0.3) is 0 Å². The summed E-state index contributed by atoms with van der Waals surface area (Å²) >= 11 is 0. The molecule has 1 fully saturated rings. The minimum Gasteiger partial charge on any atom is -0.306 e. The fourth-order valence-corrected chi connectivity index (χ4v) is 2.03. The van der Waals surface area contributed by atoms with Gasteiger partial charge in [-0.1, -0.05) is 0 Å². The van der Waals surface area contributed by atoms with E-state index in [1.54, 1.807) is 0 Å². The molecule has 0 spiro atoms. The molecule has 2 heterocycles. The van der Waals surface area contributed by atoms with E-state index in [1.165, 1.54) is 18.5 Å². The monoisotopic (exact) mass is 165 g/mol. The summed E-state index contributed by atoms with van der Waals surface area (Å²) in [6.45, 7) is 3.37. The molecule has 0 aliphatic carbocycles. The molecule has 1 unspecified atom stereocenters. The van der Waals surface area contributed by atoms with Crippen LogP contribution in [0.1, 0.15) is 25.5 Å². The Morgan fingerprint density at radius 1 is 1.67 bits per heavy atom. The summed E-state index contributed by atoms with van der Waals surface area (Å²) in [5.74, 6) is 0. The Hall–Kier alpha value is -0.830. The molecule has 12 heavy (non-hydrogen) atoms. The number of aromatic nitrogens is 2. The topological polar surface area (TPSA) is 29.9 Å². The molecule has 1 aromatic rings. The van der Waals surface area contributed by atoms with Gasteiger partial charge >= 0.3 is 0 Å². The van der Waals surface area contributed by atoms with Gasteiger partial charge in [0.2, 0.25) is 0 Å². The molecule has 0 radical (unpaired) electrons. The number of rotatable bonds is 1. The molecule has 0 aromatic carbocycles. The number of hydrogen-bond acceptors (Lipinski definition) is 2. The van der Waals surface area contributed by atoms with Gasteiger partial charge in [0.05, 0.1) is 11.2 Å². The van der Waals surface area contributed by atoms with E-state index in [9.17, 15) is 0 Å². The molecule has 66 valence electrons. The van der Waals surface area contributed by atoms with Crippen molar-refractivity contribution in [3.63, 3.8) is 0 Å². The van der Waals surface area contributed by atoms with Gasteiger partial charge in [0.25, 0.3) is 0 Å². The SMILES string of the molecule is Cn1nccc1C1(C)CCCN1. The Kier molecular flexibility index (Phi) is 1.68. The van der Waals surface area contributed by atoms with E-state index in [0.29, 0.717) is 0 Å². The number of nitrogens with one attached hydrogen (secondary N) is 1. The van der Waals surface area contributed by atoms with Crippen molar-refractivity contribution in [2.24, 2.45) is 7.05 Å². The van der Waals surface area contributed by atoms with Crippen LogP contribution in [0, 0.1) is 0 Å². The van der Waals surface area contributed by atoms with Crippen LogP contribution in [0.3, 0.4) is 0 Å². The van der Waals surface area contributed by atoms with Gasteiger partial charge in [0, 0.05) is 13.2 Å². The number of hydrogen-bond donors (Lipinski definition) is 1. The Labute approximate surface area is 72.8 Å². The molecule has 3 heteroatoms. The highest BCUT2D eigenvalue weighted by Gasteiger charge is 2.32. The third-order valence-corrected chi connectivity index (χ3v) is 2.75. The first-order valence-electron chi connectivity index (χ1n) is 4.46. The molecule has 0 saturated carbocycles. The molecule has 2 rings (SSSR count). The maximum atomic E-state index is 4.18. The van der Waals surface area contributed by atoms with E-state index in [-0.39, 0.29) is 5.54 Å². The summed E-state index contributed by atoms with van der Waals surface area (Å²) in [5, 5.41) is 7.70. The van der Waals surface area contributed by atoms with Gasteiger partial charge in [-0.3, -0.25) is 4.68 Å². The quantitative estimate of drug-likeness (QED) is 0.673. The summed E-state index contributed by atoms with van der Waals surface area (Å²) in [6, 6.07) is 2.10. The first-order chi connectivity index (χ1) is 5.72. The van der Waals surface area contributed by atoms with Crippen LogP contribution in [-0.2, 0) is 12.6 Å². The van der Waals surface area contributed by atoms with Crippen molar-refractivity contribution in [1.29, 1.82) is 0 Å². The van der Waals surface area contributed by atoms with Gasteiger partial charge in [-0.05, 0) is 32.4 Å². The molecule has 1 N–H and O–H groups in total. The van der Waals surface area contributed by atoms with E-state index < -0.39 is 0 Å². The summed E-state index contributed by atoms with van der Waals surface area (Å²) in [5.41, 5.74) is 1.45. The van der Waals surface area contributed by atoms with Gasteiger partial charge in [0.15, 0.2) is 0 Å². The van der Waals surface area contributed by atoms with Gasteiger partial charge in [-0.2, -0.15) is 5.10 Å². The summed E-state index contributed by atoms with van der Waals surface area (Å²) < 4.78 is 1.96. The maximum absolute atomic E-state index is 4.18. The van der Waals surface area contributed by atoms with Crippen LogP contribution in [-0.4, -0.2) is 16.3 Å². The minimum atomic E-state index is 0.158. The molecular formula is C9H15N3. The van der Waals surface area contributed by atoms with Gasteiger partial charge < -0.3 is 5.32 Å². The molecule has 3 nitrogen and oxygen atoms in total. The van der Waals surface area contributed by atoms with Gasteiger partial charge in [-0.15, -0.1) is 0 Å². The van der Waals surface area contributed by atoms with Crippen LogP contribution in [0.2, 0.25) is 0 Å². The predicted octanol–water partition coefficient (Wildman–Crippen LogP) is 1.02. The summed E-state index contributed by atoms with van der Waals surface area (Å²) in [7, 11) is 2.00. The molecule has 1 atom stereocenters. The first kappa shape index (κ1) is 7.80. The fourth-order valence-electron chi connectivity index (χ4n) is 2.03. The molecule has 1 saturated heterocycles. The Bertz CT molecular complexity index is 271. The lowest BCUT2D eigenvalue weighted by atomic mass is 9.96. The van der Waals surface area contributed by atoms with Crippen molar-refractivity contribution in [2.45, 2.75) is 25.3 Å². The third kappa shape index (κ3) is 1.05. The van der Waals surface area contributed by atoms with Crippen molar-refractivity contribution >= 4 is 0 Å². The van der Waals surface area contributed by atoms with Crippen LogP contribution >= 0.6 is 0 Å². The molecule has 0 amide bonds. The van der Waals surface area contributed by atoms with Crippen molar-refractivity contribution in [3.05, 3.63) is 18.0 Å². The normalized spacial score (nSPS) is 29.5. The van der Waals surface area contributed by atoms with Gasteiger partial charge in [0.1, 0.15) is 0 Å². The Morgan fingerprint density at radius 2 is 2.50 bits per heavy atom. The van der Waals surface area contributed by atoms with E-state index in [0.717, 1.165) is 6.54 Å². The van der Waals surface area contributed by atoms with Crippen molar-refractivity contribution in [2.75, 3.05) is 6.54 Å². The molecule has 1 aliphatic rings. The molecule has 1 aromatic heterocycles. The fraction of sp³-hybridized carbons (Fsp3) is 0.667. The third-order valence-electron chi connectivity index (χ3n) is 2.75. The van der Waals surface area contributed by atoms with Crippen LogP contribution in [0.15, 0.2) is 12.3 Å². The second-order valence-electron chi connectivity index (χ2n) is 3.70. The van der Waals surface area contributed by atoms with E-state index in [1.807, 2.05) is 17.9 Å². The highest BCUT2D eigenvalue weighted by atomic mass is 15.3. The number of aryl methyl sites for hydroxylation is 1. The van der Waals surface area contributed by atoms with Crippen molar-refractivity contribution < 1.29 is 0 Å². The lowest BCUT2D eigenvalue weighted by molar-refractivity contribution is 0.400. The Balaban J connectivity index is 2.34. The zero-order chi connectivity index (χ0) is 8.60. The average Bonchev–Trinajstić information content (AvgIpc) is 2.59. The van der Waals surface area contributed by atoms with Crippen LogP contribution in [0.5, 0.6) is 0 Å². The van der Waals surface area contributed by atoms with Crippen LogP contribution in [0.4, 0.5) is 0 Å². The maximum Gasteiger partial charge on any atom is 0.0578 e. The molecule has 1 aliphatic heterocycles. The molecular weight excluding hydrogens is 150 g/mol. The second kappa shape index (κ2) is 2.59. The van der Waals surface area contributed by atoms with E-state index in [4.69, 9.17) is 0 Å². The highest BCUT2D eigenvalue weighted by Crippen LogP contribution is 2.29. The van der Waals surface area contributed by atoms with E-state index in [2.05, 4.69) is 23.4 Å². The Morgan fingerprint density at radius 3 is 3.00 bits per heavy atom. The predicted molar refractivity (Wildman–Crippen MR) is 47.8 cm³/mol. The molecule has 0 bridgehead atoms. The summed E-state index contributed by atoms with van der Waals surface area (Å²) in [4.78, 5) is 0. The standard InChI is InChI=1S/C9H15N3/c1-9(5-3-6-10-9)8-4-7-11-12(8)2/h4,7,10H,3,5-6H2,1-2H3. The highest BCUT2D eigenvalue weighted by molar-refractivity contribution is 5.15. The zero-order valence-corrected chi connectivity index (χ0v) is 7.67.